The van der Waals surface area contributed by atoms with E-state index in [4.69, 9.17) is 9.79 Å². The number of rotatable bonds is 4. The Morgan fingerprint density at radius 3 is 2.53 bits per heavy atom. The van der Waals surface area contributed by atoms with Gasteiger partial charge in [-0.25, -0.2) is 4.57 Å². The Morgan fingerprint density at radius 1 is 1.40 bits per heavy atom. The molecule has 0 atom stereocenters. The highest BCUT2D eigenvalue weighted by Crippen LogP contribution is 2.37. The van der Waals surface area contributed by atoms with Gasteiger partial charge in [-0.3, -0.25) is 9.32 Å². The minimum absolute atomic E-state index is 0.272. The molecule has 0 amide bonds. The van der Waals surface area contributed by atoms with Crippen molar-refractivity contribution in [2.45, 2.75) is 6.61 Å². The number of benzene rings is 1. The van der Waals surface area contributed by atoms with E-state index in [0.29, 0.717) is 5.56 Å². The van der Waals surface area contributed by atoms with Gasteiger partial charge in [0.15, 0.2) is 0 Å². The Bertz CT molecular complexity index is 413. The highest BCUT2D eigenvalue weighted by molar-refractivity contribution is 7.97. The topological polar surface area (TPSA) is 83.8 Å². The number of phosphoric ester groups is 1. The maximum absolute atomic E-state index is 11.0. The van der Waals surface area contributed by atoms with Gasteiger partial charge in [-0.1, -0.05) is 24.3 Å². The molecule has 0 spiro atoms. The lowest BCUT2D eigenvalue weighted by atomic mass is 10.1. The van der Waals surface area contributed by atoms with Crippen LogP contribution in [0.4, 0.5) is 0 Å². The van der Waals surface area contributed by atoms with Crippen LogP contribution < -0.4 is 0 Å². The van der Waals surface area contributed by atoms with E-state index >= 15 is 0 Å². The predicted molar refractivity (Wildman–Crippen MR) is 56.6 cm³/mol. The molecule has 0 aliphatic rings. The molecule has 82 valence electrons. The zero-order chi connectivity index (χ0) is 11.5. The van der Waals surface area contributed by atoms with E-state index in [9.17, 15) is 9.36 Å². The summed E-state index contributed by atoms with van der Waals surface area (Å²) >= 11 is 3.63. The van der Waals surface area contributed by atoms with E-state index in [0.717, 1.165) is 0 Å². The van der Waals surface area contributed by atoms with Crippen LogP contribution in [0, 0.1) is 0 Å². The van der Waals surface area contributed by atoms with Crippen LogP contribution in [0.3, 0.4) is 0 Å². The molecule has 0 saturated carbocycles. The fraction of sp³-hybridized carbons (Fsp3) is 0.125. The van der Waals surface area contributed by atoms with Crippen LogP contribution in [0.5, 0.6) is 0 Å². The van der Waals surface area contributed by atoms with Crippen LogP contribution in [-0.4, -0.2) is 14.9 Å². The van der Waals surface area contributed by atoms with E-state index in [1.807, 2.05) is 0 Å². The summed E-state index contributed by atoms with van der Waals surface area (Å²) in [5, 5.41) is -0.472. The minimum Gasteiger partial charge on any atom is -0.303 e. The second-order valence-electron chi connectivity index (χ2n) is 2.73. The van der Waals surface area contributed by atoms with Crippen molar-refractivity contribution in [1.29, 1.82) is 0 Å². The van der Waals surface area contributed by atoms with Crippen LogP contribution in [0.1, 0.15) is 15.9 Å². The summed E-state index contributed by atoms with van der Waals surface area (Å²) in [6, 6.07) is 6.32. The smallest absolute Gasteiger partial charge is 0.303 e. The first-order valence-corrected chi connectivity index (χ1v) is 5.89. The van der Waals surface area contributed by atoms with Crippen molar-refractivity contribution in [3.8, 4) is 0 Å². The maximum atomic E-state index is 11.0. The van der Waals surface area contributed by atoms with Gasteiger partial charge in [-0.2, -0.15) is 0 Å². The van der Waals surface area contributed by atoms with Gasteiger partial charge >= 0.3 is 7.82 Å². The quantitative estimate of drug-likeness (QED) is 0.553. The van der Waals surface area contributed by atoms with Gasteiger partial charge in [0.1, 0.15) is 0 Å². The molecule has 0 bridgehead atoms. The average molecular weight is 248 g/mol. The molecular weight excluding hydrogens is 239 g/mol. The second kappa shape index (κ2) is 4.92. The van der Waals surface area contributed by atoms with E-state index in [1.54, 1.807) is 18.2 Å². The van der Waals surface area contributed by atoms with E-state index < -0.39 is 12.9 Å². The largest absolute Gasteiger partial charge is 0.469 e. The third kappa shape index (κ3) is 4.15. The fourth-order valence-electron chi connectivity index (χ4n) is 1.01. The third-order valence-electron chi connectivity index (χ3n) is 1.64. The van der Waals surface area contributed by atoms with Gasteiger partial charge in [0.05, 0.1) is 6.61 Å². The monoisotopic (exact) mass is 248 g/mol. The maximum Gasteiger partial charge on any atom is 0.469 e. The van der Waals surface area contributed by atoms with Crippen LogP contribution in [0.15, 0.2) is 24.3 Å². The summed E-state index contributed by atoms with van der Waals surface area (Å²) in [6.07, 6.45) is 0. The summed E-state index contributed by atoms with van der Waals surface area (Å²) in [6.45, 7) is -0.327. The summed E-state index contributed by atoms with van der Waals surface area (Å²) in [5.41, 5.74) is 0.662. The molecule has 5 nitrogen and oxygen atoms in total. The Balaban J connectivity index is 2.85. The Hall–Kier alpha value is -0.650. The number of thiol groups is 1. The summed E-state index contributed by atoms with van der Waals surface area (Å²) in [5.74, 6) is 0. The minimum atomic E-state index is -4.52. The summed E-state index contributed by atoms with van der Waals surface area (Å²) < 4.78 is 14.7. The third-order valence-corrected chi connectivity index (χ3v) is 2.34. The molecule has 0 unspecified atom stereocenters. The van der Waals surface area contributed by atoms with E-state index in [-0.39, 0.29) is 12.2 Å². The van der Waals surface area contributed by atoms with Crippen LogP contribution in [0.2, 0.25) is 0 Å². The molecule has 1 rings (SSSR count). The van der Waals surface area contributed by atoms with Gasteiger partial charge in [0.2, 0.25) is 5.12 Å². The van der Waals surface area contributed by atoms with Crippen molar-refractivity contribution in [3.63, 3.8) is 0 Å². The normalized spacial score (nSPS) is 11.4. The van der Waals surface area contributed by atoms with E-state index in [2.05, 4.69) is 17.2 Å². The molecule has 0 aliphatic heterocycles. The molecule has 15 heavy (non-hydrogen) atoms. The van der Waals surface area contributed by atoms with Crippen molar-refractivity contribution in [1.82, 2.24) is 0 Å². The van der Waals surface area contributed by atoms with Crippen LogP contribution in [-0.2, 0) is 15.7 Å². The van der Waals surface area contributed by atoms with Crippen molar-refractivity contribution >= 4 is 25.6 Å². The van der Waals surface area contributed by atoms with E-state index in [1.165, 1.54) is 6.07 Å². The summed E-state index contributed by atoms with van der Waals surface area (Å²) in [4.78, 5) is 28.0. The molecule has 0 heterocycles. The van der Waals surface area contributed by atoms with Crippen LogP contribution >= 0.6 is 20.5 Å². The van der Waals surface area contributed by atoms with Gasteiger partial charge < -0.3 is 9.79 Å². The molecule has 7 heteroatoms. The van der Waals surface area contributed by atoms with Gasteiger partial charge in [0.25, 0.3) is 0 Å². The lowest BCUT2D eigenvalue weighted by Crippen LogP contribution is -1.99. The molecule has 0 fully saturated rings. The molecular formula is C8H9O5PS. The fourth-order valence-corrected chi connectivity index (χ4v) is 1.53. The highest BCUT2D eigenvalue weighted by Gasteiger charge is 2.15. The molecule has 2 N–H and O–H groups in total. The molecule has 1 aromatic rings. The molecule has 0 saturated heterocycles. The van der Waals surface area contributed by atoms with Crippen molar-refractivity contribution < 1.29 is 23.7 Å². The lowest BCUT2D eigenvalue weighted by Gasteiger charge is -2.07. The second-order valence-corrected chi connectivity index (χ2v) is 4.37. The number of carbonyl (C=O) groups excluding carboxylic acids is 1. The summed E-state index contributed by atoms with van der Waals surface area (Å²) in [7, 11) is -4.52. The SMILES string of the molecule is O=C(S)c1ccccc1COP(=O)(O)O. The van der Waals surface area contributed by atoms with Crippen molar-refractivity contribution in [2.24, 2.45) is 0 Å². The first kappa shape index (κ1) is 12.4. The number of hydrogen-bond donors (Lipinski definition) is 3. The van der Waals surface area contributed by atoms with Crippen molar-refractivity contribution in [2.75, 3.05) is 0 Å². The molecule has 0 aliphatic carbocycles. The zero-order valence-electron chi connectivity index (χ0n) is 7.53. The number of phosphoric acid groups is 1. The zero-order valence-corrected chi connectivity index (χ0v) is 9.32. The van der Waals surface area contributed by atoms with Crippen molar-refractivity contribution in [3.05, 3.63) is 35.4 Å². The van der Waals surface area contributed by atoms with Gasteiger partial charge in [-0.05, 0) is 5.56 Å². The lowest BCUT2D eigenvalue weighted by molar-refractivity contribution is 0.108. The Morgan fingerprint density at radius 2 is 2.00 bits per heavy atom. The van der Waals surface area contributed by atoms with Gasteiger partial charge in [-0.15, -0.1) is 12.6 Å². The standard InChI is InChI=1S/C8H9O5PS/c9-8(15)7-4-2-1-3-6(7)5-13-14(10,11)12/h1-4H,5H2,(H,9,15)(H2,10,11,12). The Kier molecular flexibility index (Phi) is 4.07. The number of hydrogen-bond acceptors (Lipinski definition) is 3. The molecule has 0 aromatic heterocycles. The molecule has 1 aromatic carbocycles. The van der Waals surface area contributed by atoms with Gasteiger partial charge in [0, 0.05) is 5.56 Å². The van der Waals surface area contributed by atoms with Crippen LogP contribution in [0.25, 0.3) is 0 Å². The predicted octanol–water partition coefficient (Wildman–Crippen LogP) is 1.37. The first-order chi connectivity index (χ1) is 6.90. The molecule has 0 radical (unpaired) electrons. The average Bonchev–Trinajstić information content (AvgIpc) is 2.14. The first-order valence-electron chi connectivity index (χ1n) is 3.91. The highest BCUT2D eigenvalue weighted by atomic mass is 32.1. The number of carbonyl (C=O) groups is 1. The Labute approximate surface area is 91.7 Å².